The van der Waals surface area contributed by atoms with Crippen LogP contribution in [-0.2, 0) is 19.7 Å². The second-order valence-corrected chi connectivity index (χ2v) is 10.1. The monoisotopic (exact) mass is 460 g/mol. The normalized spacial score (nSPS) is 29.0. The number of nitrogens with two attached hydrogens (primary N) is 1. The standard InChI is InChI=1S/C26H37FN2O4/c1-31-19-26(12-14-32-15-13-26)29-23(30)25-9-6-24(7-10-25,8-11-25)21-2-4-22(5-3-21)33-18-20(16-27)17-28/h2-5,16H,6-15,17-19,28H2,1H3,(H,29,30)/b20-16+. The molecule has 6 nitrogen and oxygen atoms in total. The Kier molecular flexibility index (Phi) is 7.41. The second kappa shape index (κ2) is 10.1. The van der Waals surface area contributed by atoms with E-state index in [4.69, 9.17) is 19.9 Å². The van der Waals surface area contributed by atoms with E-state index in [-0.39, 0.29) is 35.4 Å². The molecule has 4 fully saturated rings. The van der Waals surface area contributed by atoms with Gasteiger partial charge in [-0.1, -0.05) is 12.1 Å². The summed E-state index contributed by atoms with van der Waals surface area (Å²) in [4.78, 5) is 13.5. The summed E-state index contributed by atoms with van der Waals surface area (Å²) in [6.45, 7) is 2.16. The van der Waals surface area contributed by atoms with E-state index in [0.717, 1.165) is 51.4 Å². The van der Waals surface area contributed by atoms with E-state index in [0.29, 0.717) is 37.5 Å². The molecular weight excluding hydrogens is 423 g/mol. The van der Waals surface area contributed by atoms with Crippen LogP contribution in [0.4, 0.5) is 4.39 Å². The molecule has 5 rings (SSSR count). The molecule has 2 bridgehead atoms. The van der Waals surface area contributed by atoms with Crippen molar-refractivity contribution in [1.29, 1.82) is 0 Å². The van der Waals surface area contributed by atoms with Gasteiger partial charge >= 0.3 is 0 Å². The van der Waals surface area contributed by atoms with Gasteiger partial charge in [0.25, 0.3) is 0 Å². The molecule has 3 N–H and O–H groups in total. The van der Waals surface area contributed by atoms with Crippen LogP contribution in [0.3, 0.4) is 0 Å². The number of methoxy groups -OCH3 is 1. The topological polar surface area (TPSA) is 82.8 Å². The third-order valence-electron chi connectivity index (χ3n) is 8.28. The summed E-state index contributed by atoms with van der Waals surface area (Å²) < 4.78 is 29.3. The summed E-state index contributed by atoms with van der Waals surface area (Å²) in [7, 11) is 1.70. The van der Waals surface area contributed by atoms with E-state index in [9.17, 15) is 9.18 Å². The van der Waals surface area contributed by atoms with Crippen LogP contribution in [-0.4, -0.2) is 51.5 Å². The highest BCUT2D eigenvalue weighted by Crippen LogP contribution is 2.58. The number of benzene rings is 1. The molecule has 4 aliphatic rings. The molecule has 1 saturated heterocycles. The van der Waals surface area contributed by atoms with Gasteiger partial charge in [0.1, 0.15) is 12.4 Å². The lowest BCUT2D eigenvalue weighted by Crippen LogP contribution is -2.60. The molecule has 1 aromatic carbocycles. The van der Waals surface area contributed by atoms with Gasteiger partial charge in [0, 0.05) is 37.9 Å². The van der Waals surface area contributed by atoms with Crippen molar-refractivity contribution < 1.29 is 23.4 Å². The number of hydrogen-bond donors (Lipinski definition) is 2. The van der Waals surface area contributed by atoms with Gasteiger partial charge in [-0.05, 0) is 74.5 Å². The third-order valence-corrected chi connectivity index (χ3v) is 8.28. The van der Waals surface area contributed by atoms with Crippen molar-refractivity contribution in [2.24, 2.45) is 11.1 Å². The van der Waals surface area contributed by atoms with E-state index in [1.807, 2.05) is 12.1 Å². The third kappa shape index (κ3) is 4.96. The van der Waals surface area contributed by atoms with Gasteiger partial charge in [-0.2, -0.15) is 0 Å². The largest absolute Gasteiger partial charge is 0.489 e. The van der Waals surface area contributed by atoms with Gasteiger partial charge in [-0.15, -0.1) is 0 Å². The molecule has 1 aliphatic heterocycles. The number of nitrogens with one attached hydrogen (secondary N) is 1. The maximum absolute atomic E-state index is 13.5. The molecule has 7 heteroatoms. The number of carbonyl (C=O) groups is 1. The number of ether oxygens (including phenoxy) is 3. The fraction of sp³-hybridized carbons (Fsp3) is 0.654. The van der Waals surface area contributed by atoms with Crippen molar-refractivity contribution in [2.75, 3.05) is 40.1 Å². The van der Waals surface area contributed by atoms with Crippen molar-refractivity contribution in [2.45, 2.75) is 62.3 Å². The second-order valence-electron chi connectivity index (χ2n) is 10.1. The van der Waals surface area contributed by atoms with E-state index in [1.165, 1.54) is 5.56 Å². The minimum Gasteiger partial charge on any atom is -0.489 e. The van der Waals surface area contributed by atoms with Crippen LogP contribution in [0.1, 0.15) is 56.9 Å². The average Bonchev–Trinajstić information content (AvgIpc) is 2.87. The first-order chi connectivity index (χ1) is 16.0. The van der Waals surface area contributed by atoms with Crippen LogP contribution >= 0.6 is 0 Å². The Bertz CT molecular complexity index is 818. The van der Waals surface area contributed by atoms with Crippen LogP contribution in [0.2, 0.25) is 0 Å². The maximum Gasteiger partial charge on any atom is 0.226 e. The number of halogens is 1. The average molecular weight is 461 g/mol. The lowest BCUT2D eigenvalue weighted by Gasteiger charge is -2.53. The lowest BCUT2D eigenvalue weighted by atomic mass is 9.51. The lowest BCUT2D eigenvalue weighted by molar-refractivity contribution is -0.142. The SMILES string of the molecule is COCC1(NC(=O)C23CCC(c4ccc(OC/C(=C/F)CN)cc4)(CC2)CC3)CCOCC1. The summed E-state index contributed by atoms with van der Waals surface area (Å²) in [5.74, 6) is 0.915. The molecule has 0 radical (unpaired) electrons. The maximum atomic E-state index is 13.5. The fourth-order valence-corrected chi connectivity index (χ4v) is 5.89. The van der Waals surface area contributed by atoms with Gasteiger partial charge in [0.2, 0.25) is 5.91 Å². The van der Waals surface area contributed by atoms with E-state index in [1.54, 1.807) is 7.11 Å². The number of fused-ring (bicyclic) bond motifs is 3. The zero-order valence-electron chi connectivity index (χ0n) is 19.7. The molecule has 33 heavy (non-hydrogen) atoms. The molecule has 0 unspecified atom stereocenters. The van der Waals surface area contributed by atoms with Crippen molar-refractivity contribution in [3.8, 4) is 5.75 Å². The first kappa shape index (κ1) is 24.2. The zero-order valence-corrected chi connectivity index (χ0v) is 19.7. The molecule has 1 amide bonds. The summed E-state index contributed by atoms with van der Waals surface area (Å²) in [6.07, 6.45) is 7.91. The smallest absolute Gasteiger partial charge is 0.226 e. The molecule has 1 aromatic rings. The van der Waals surface area contributed by atoms with E-state index >= 15 is 0 Å². The van der Waals surface area contributed by atoms with Gasteiger partial charge in [0.05, 0.1) is 18.5 Å². The van der Waals surface area contributed by atoms with E-state index < -0.39 is 0 Å². The Hall–Kier alpha value is -1.96. The molecule has 0 spiro atoms. The highest BCUT2D eigenvalue weighted by atomic mass is 19.1. The Balaban J connectivity index is 1.39. The van der Waals surface area contributed by atoms with Gasteiger partial charge in [0.15, 0.2) is 0 Å². The zero-order chi connectivity index (χ0) is 23.4. The Labute approximate surface area is 196 Å². The van der Waals surface area contributed by atoms with Gasteiger partial charge < -0.3 is 25.3 Å². The highest BCUT2D eigenvalue weighted by molar-refractivity contribution is 5.84. The molecular formula is C26H37FN2O4. The predicted octanol–water partition coefficient (Wildman–Crippen LogP) is 3.78. The molecule has 182 valence electrons. The Morgan fingerprint density at radius 1 is 1.09 bits per heavy atom. The van der Waals surface area contributed by atoms with Crippen LogP contribution in [0, 0.1) is 5.41 Å². The summed E-state index contributed by atoms with van der Waals surface area (Å²) in [5, 5.41) is 3.41. The Morgan fingerprint density at radius 3 is 2.27 bits per heavy atom. The molecule has 3 aliphatic carbocycles. The molecule has 1 heterocycles. The number of hydrogen-bond acceptors (Lipinski definition) is 5. The van der Waals surface area contributed by atoms with Crippen molar-refractivity contribution in [3.63, 3.8) is 0 Å². The van der Waals surface area contributed by atoms with Gasteiger partial charge in [-0.3, -0.25) is 4.79 Å². The van der Waals surface area contributed by atoms with Gasteiger partial charge in [-0.25, -0.2) is 4.39 Å². The van der Waals surface area contributed by atoms with E-state index in [2.05, 4.69) is 17.4 Å². The molecule has 0 atom stereocenters. The van der Waals surface area contributed by atoms with Crippen LogP contribution in [0.25, 0.3) is 0 Å². The minimum atomic E-state index is -0.304. The summed E-state index contributed by atoms with van der Waals surface area (Å²) in [5.41, 5.74) is 6.79. The fourth-order valence-electron chi connectivity index (χ4n) is 5.89. The highest BCUT2D eigenvalue weighted by Gasteiger charge is 2.54. The quantitative estimate of drug-likeness (QED) is 0.586. The van der Waals surface area contributed by atoms with Crippen LogP contribution in [0.15, 0.2) is 36.2 Å². The molecule has 0 aromatic heterocycles. The first-order valence-corrected chi connectivity index (χ1v) is 12.1. The number of amides is 1. The summed E-state index contributed by atoms with van der Waals surface area (Å²) in [6, 6.07) is 8.17. The van der Waals surface area contributed by atoms with Crippen LogP contribution < -0.4 is 15.8 Å². The molecule has 3 saturated carbocycles. The minimum absolute atomic E-state index is 0.130. The predicted molar refractivity (Wildman–Crippen MR) is 125 cm³/mol. The number of carbonyl (C=O) groups excluding carboxylic acids is 1. The Morgan fingerprint density at radius 2 is 1.73 bits per heavy atom. The summed E-state index contributed by atoms with van der Waals surface area (Å²) >= 11 is 0. The van der Waals surface area contributed by atoms with Crippen LogP contribution in [0.5, 0.6) is 5.75 Å². The van der Waals surface area contributed by atoms with Crippen molar-refractivity contribution in [3.05, 3.63) is 41.7 Å². The van der Waals surface area contributed by atoms with Crippen molar-refractivity contribution in [1.82, 2.24) is 5.32 Å². The first-order valence-electron chi connectivity index (χ1n) is 12.1. The van der Waals surface area contributed by atoms with Crippen molar-refractivity contribution >= 4 is 5.91 Å². The number of rotatable bonds is 9.